The van der Waals surface area contributed by atoms with Crippen molar-refractivity contribution in [3.8, 4) is 0 Å². The lowest BCUT2D eigenvalue weighted by atomic mass is 10.4. The fourth-order valence-electron chi connectivity index (χ4n) is 1.81. The van der Waals surface area contributed by atoms with Gasteiger partial charge in [-0.25, -0.2) is 4.79 Å². The third kappa shape index (κ3) is 1.86. The number of aliphatic carboxylic acids is 1. The van der Waals surface area contributed by atoms with Gasteiger partial charge in [0.25, 0.3) is 0 Å². The van der Waals surface area contributed by atoms with Crippen molar-refractivity contribution in [1.82, 2.24) is 14.1 Å². The fourth-order valence-corrected chi connectivity index (χ4v) is 2.34. The third-order valence-corrected chi connectivity index (χ3v) is 3.07. The summed E-state index contributed by atoms with van der Waals surface area (Å²) in [6.07, 6.45) is 3.08. The van der Waals surface area contributed by atoms with Crippen LogP contribution < -0.4 is 5.69 Å². The summed E-state index contributed by atoms with van der Waals surface area (Å²) in [5.41, 5.74) is 0.862. The van der Waals surface area contributed by atoms with Gasteiger partial charge in [-0.3, -0.25) is 18.9 Å². The van der Waals surface area contributed by atoms with Gasteiger partial charge in [0.05, 0.1) is 21.7 Å². The van der Waals surface area contributed by atoms with Crippen molar-refractivity contribution in [2.75, 3.05) is 0 Å². The smallest absolute Gasteiger partial charge is 0.329 e. The molecule has 0 amide bonds. The average molecular weight is 300 g/mol. The first-order chi connectivity index (χ1) is 8.06. The topological polar surface area (TPSA) is 77.1 Å². The Hall–Kier alpha value is -1.63. The Labute approximate surface area is 105 Å². The van der Waals surface area contributed by atoms with E-state index in [0.29, 0.717) is 22.1 Å². The molecular formula is C10H10BrN3O3. The molecule has 0 radical (unpaired) electrons. The number of hydrogen-bond donors (Lipinski definition) is 1. The zero-order valence-electron chi connectivity index (χ0n) is 9.05. The number of imidazole rings is 1. The molecule has 0 fully saturated rings. The van der Waals surface area contributed by atoms with Crippen LogP contribution in [0.3, 0.4) is 0 Å². The summed E-state index contributed by atoms with van der Waals surface area (Å²) in [7, 11) is 0. The number of fused-ring (bicyclic) bond motifs is 1. The molecule has 0 aliphatic rings. The molecule has 7 heteroatoms. The first-order valence-corrected chi connectivity index (χ1v) is 5.80. The van der Waals surface area contributed by atoms with Gasteiger partial charge in [0.1, 0.15) is 6.54 Å². The second kappa shape index (κ2) is 4.33. The Morgan fingerprint density at radius 1 is 1.47 bits per heavy atom. The minimum absolute atomic E-state index is 0.335. The van der Waals surface area contributed by atoms with Crippen LogP contribution in [0.1, 0.15) is 6.92 Å². The fraction of sp³-hybridized carbons (Fsp3) is 0.300. The van der Waals surface area contributed by atoms with E-state index >= 15 is 0 Å². The van der Waals surface area contributed by atoms with Gasteiger partial charge in [0.2, 0.25) is 0 Å². The van der Waals surface area contributed by atoms with Gasteiger partial charge in [-0.05, 0) is 22.9 Å². The van der Waals surface area contributed by atoms with E-state index in [4.69, 9.17) is 5.11 Å². The molecule has 0 unspecified atom stereocenters. The zero-order valence-corrected chi connectivity index (χ0v) is 10.6. The summed E-state index contributed by atoms with van der Waals surface area (Å²) in [5.74, 6) is -1.05. The van der Waals surface area contributed by atoms with Crippen molar-refractivity contribution in [3.05, 3.63) is 27.4 Å². The van der Waals surface area contributed by atoms with E-state index in [1.54, 1.807) is 6.20 Å². The van der Waals surface area contributed by atoms with Crippen LogP contribution in [0, 0.1) is 0 Å². The minimum Gasteiger partial charge on any atom is -0.480 e. The SMILES string of the molecule is CCn1c(=O)n(CC(=O)O)c2cncc(Br)c21. The summed E-state index contributed by atoms with van der Waals surface area (Å²) in [4.78, 5) is 26.7. The van der Waals surface area contributed by atoms with Crippen LogP contribution >= 0.6 is 15.9 Å². The van der Waals surface area contributed by atoms with Crippen molar-refractivity contribution < 1.29 is 9.90 Å². The highest BCUT2D eigenvalue weighted by molar-refractivity contribution is 9.10. The summed E-state index contributed by atoms with van der Waals surface area (Å²) in [5, 5.41) is 8.80. The molecule has 1 N–H and O–H groups in total. The number of hydrogen-bond acceptors (Lipinski definition) is 3. The standard InChI is InChI=1S/C10H10BrN3O3/c1-2-13-9-6(11)3-12-4-7(9)14(10(13)17)5-8(15)16/h3-4H,2,5H2,1H3,(H,15,16). The maximum Gasteiger partial charge on any atom is 0.329 e. The summed E-state index contributed by atoms with van der Waals surface area (Å²) in [6, 6.07) is 0. The molecule has 2 aromatic rings. The van der Waals surface area contributed by atoms with Gasteiger partial charge in [-0.2, -0.15) is 0 Å². The van der Waals surface area contributed by atoms with E-state index in [2.05, 4.69) is 20.9 Å². The van der Waals surface area contributed by atoms with Crippen molar-refractivity contribution in [3.63, 3.8) is 0 Å². The lowest BCUT2D eigenvalue weighted by molar-refractivity contribution is -0.137. The highest BCUT2D eigenvalue weighted by Gasteiger charge is 2.16. The molecule has 0 saturated carbocycles. The molecule has 90 valence electrons. The van der Waals surface area contributed by atoms with E-state index < -0.39 is 5.97 Å². The number of aryl methyl sites for hydroxylation is 1. The van der Waals surface area contributed by atoms with E-state index in [9.17, 15) is 9.59 Å². The van der Waals surface area contributed by atoms with E-state index in [1.807, 2.05) is 6.92 Å². The Balaban J connectivity index is 2.85. The normalized spacial score (nSPS) is 10.9. The predicted molar refractivity (Wildman–Crippen MR) is 65.0 cm³/mol. The molecule has 0 spiro atoms. The van der Waals surface area contributed by atoms with Crippen LogP contribution in [0.25, 0.3) is 11.0 Å². The number of pyridine rings is 1. The van der Waals surface area contributed by atoms with Gasteiger partial charge < -0.3 is 5.11 Å². The predicted octanol–water partition coefficient (Wildman–Crippen LogP) is 1.06. The Bertz CT molecular complexity index is 644. The van der Waals surface area contributed by atoms with Gasteiger partial charge in [-0.15, -0.1) is 0 Å². The van der Waals surface area contributed by atoms with Gasteiger partial charge >= 0.3 is 11.7 Å². The van der Waals surface area contributed by atoms with Crippen LogP contribution in [-0.2, 0) is 17.9 Å². The monoisotopic (exact) mass is 299 g/mol. The first-order valence-electron chi connectivity index (χ1n) is 5.00. The zero-order chi connectivity index (χ0) is 12.6. The number of carboxylic acid groups (broad SMARTS) is 1. The van der Waals surface area contributed by atoms with Crippen molar-refractivity contribution in [2.24, 2.45) is 0 Å². The number of carboxylic acids is 1. The molecule has 0 saturated heterocycles. The lowest BCUT2D eigenvalue weighted by Gasteiger charge is -1.99. The highest BCUT2D eigenvalue weighted by Crippen LogP contribution is 2.21. The largest absolute Gasteiger partial charge is 0.480 e. The van der Waals surface area contributed by atoms with Crippen molar-refractivity contribution >= 4 is 32.9 Å². The number of rotatable bonds is 3. The molecular weight excluding hydrogens is 290 g/mol. The number of halogens is 1. The van der Waals surface area contributed by atoms with Gasteiger partial charge in [0.15, 0.2) is 0 Å². The Kier molecular flexibility index (Phi) is 3.01. The maximum atomic E-state index is 12.0. The first kappa shape index (κ1) is 11.8. The maximum absolute atomic E-state index is 12.0. The molecule has 2 rings (SSSR count). The van der Waals surface area contributed by atoms with Crippen LogP contribution in [0.2, 0.25) is 0 Å². The highest BCUT2D eigenvalue weighted by atomic mass is 79.9. The summed E-state index contributed by atoms with van der Waals surface area (Å²) in [6.45, 7) is 1.95. The van der Waals surface area contributed by atoms with Gasteiger partial charge in [-0.1, -0.05) is 0 Å². The molecule has 0 aliphatic heterocycles. The van der Waals surface area contributed by atoms with Crippen LogP contribution in [-0.4, -0.2) is 25.2 Å². The van der Waals surface area contributed by atoms with E-state index in [0.717, 1.165) is 0 Å². The molecule has 6 nitrogen and oxygen atoms in total. The van der Waals surface area contributed by atoms with E-state index in [1.165, 1.54) is 15.3 Å². The molecule has 2 heterocycles. The Morgan fingerprint density at radius 3 is 2.76 bits per heavy atom. The number of carbonyl (C=O) groups is 1. The quantitative estimate of drug-likeness (QED) is 0.919. The molecule has 17 heavy (non-hydrogen) atoms. The van der Waals surface area contributed by atoms with Gasteiger partial charge in [0, 0.05) is 12.7 Å². The minimum atomic E-state index is -1.05. The average Bonchev–Trinajstić information content (AvgIpc) is 2.53. The van der Waals surface area contributed by atoms with Crippen molar-refractivity contribution in [2.45, 2.75) is 20.0 Å². The third-order valence-electron chi connectivity index (χ3n) is 2.49. The molecule has 0 bridgehead atoms. The van der Waals surface area contributed by atoms with E-state index in [-0.39, 0.29) is 12.2 Å². The van der Waals surface area contributed by atoms with Crippen LogP contribution in [0.15, 0.2) is 21.7 Å². The van der Waals surface area contributed by atoms with Crippen LogP contribution in [0.4, 0.5) is 0 Å². The Morgan fingerprint density at radius 2 is 2.18 bits per heavy atom. The molecule has 0 aliphatic carbocycles. The molecule has 2 aromatic heterocycles. The molecule has 0 atom stereocenters. The summed E-state index contributed by atoms with van der Waals surface area (Å²) >= 11 is 3.32. The second-order valence-corrected chi connectivity index (χ2v) is 4.35. The lowest BCUT2D eigenvalue weighted by Crippen LogP contribution is -2.26. The van der Waals surface area contributed by atoms with Crippen molar-refractivity contribution in [1.29, 1.82) is 0 Å². The second-order valence-electron chi connectivity index (χ2n) is 3.50. The summed E-state index contributed by atoms with van der Waals surface area (Å²) < 4.78 is 3.40. The number of nitrogens with zero attached hydrogens (tertiary/aromatic N) is 3. The molecule has 0 aromatic carbocycles. The van der Waals surface area contributed by atoms with Crippen LogP contribution in [0.5, 0.6) is 0 Å². The number of aromatic nitrogens is 3.